The molecular formula is C26H37N5O2SSi. The molecule has 1 saturated carbocycles. The third-order valence-electron chi connectivity index (χ3n) is 8.08. The Hall–Kier alpha value is -2.15. The molecule has 1 saturated heterocycles. The van der Waals surface area contributed by atoms with E-state index in [1.165, 1.54) is 0 Å². The number of pyridine rings is 1. The van der Waals surface area contributed by atoms with Gasteiger partial charge in [-0.2, -0.15) is 9.97 Å². The number of carbonyl (C=O) groups excluding carboxylic acids is 1. The van der Waals surface area contributed by atoms with Crippen LogP contribution in [0.25, 0.3) is 11.0 Å². The van der Waals surface area contributed by atoms with Gasteiger partial charge in [0.05, 0.1) is 10.9 Å². The fraction of sp³-hybridized carbons (Fsp3) is 0.615. The lowest BCUT2D eigenvalue weighted by Gasteiger charge is -2.38. The number of fused-ring (bicyclic) bond motifs is 1. The number of amides is 2. The molecule has 2 aromatic rings. The molecule has 2 aliphatic rings. The van der Waals surface area contributed by atoms with E-state index in [-0.39, 0.29) is 16.7 Å². The summed E-state index contributed by atoms with van der Waals surface area (Å²) in [6, 6.07) is 1.81. The third kappa shape index (κ3) is 4.45. The van der Waals surface area contributed by atoms with Crippen molar-refractivity contribution in [2.24, 2.45) is 0 Å². The molecule has 7 nitrogen and oxygen atoms in total. The first kappa shape index (κ1) is 25.9. The molecule has 3 heterocycles. The summed E-state index contributed by atoms with van der Waals surface area (Å²) in [4.78, 5) is 28.5. The van der Waals surface area contributed by atoms with Gasteiger partial charge in [0.15, 0.2) is 5.65 Å². The summed E-state index contributed by atoms with van der Waals surface area (Å²) in [5.74, 6) is 4.10. The molecule has 9 heteroatoms. The summed E-state index contributed by atoms with van der Waals surface area (Å²) in [7, 11) is -1.98. The molecule has 1 N–H and O–H groups in total. The number of anilines is 1. The van der Waals surface area contributed by atoms with Gasteiger partial charge in [-0.15, -0.1) is 5.54 Å². The normalized spacial score (nSPS) is 18.6. The number of nitrogens with zero attached hydrogens (tertiary/aromatic N) is 4. The molecular weight excluding hydrogens is 474 g/mol. The van der Waals surface area contributed by atoms with Gasteiger partial charge in [0.1, 0.15) is 20.1 Å². The second kappa shape index (κ2) is 9.72. The maximum atomic E-state index is 13.0. The largest absolute Gasteiger partial charge is 0.609 e. The van der Waals surface area contributed by atoms with Gasteiger partial charge in [-0.1, -0.05) is 60.3 Å². The van der Waals surface area contributed by atoms with E-state index in [0.717, 1.165) is 36.6 Å². The molecule has 1 aliphatic heterocycles. The van der Waals surface area contributed by atoms with Crippen LogP contribution < -0.4 is 10.2 Å². The van der Waals surface area contributed by atoms with Crippen molar-refractivity contribution < 1.29 is 9.35 Å². The average Bonchev–Trinajstić information content (AvgIpc) is 3.39. The Bertz CT molecular complexity index is 1160. The molecule has 1 atom stereocenters. The highest BCUT2D eigenvalue weighted by Crippen LogP contribution is 2.42. The van der Waals surface area contributed by atoms with E-state index >= 15 is 0 Å². The van der Waals surface area contributed by atoms with Crippen LogP contribution in [0, 0.1) is 11.5 Å². The number of rotatable bonds is 5. The van der Waals surface area contributed by atoms with Crippen molar-refractivity contribution >= 4 is 42.1 Å². The second-order valence-corrected chi connectivity index (χ2v) is 17.8. The summed E-state index contributed by atoms with van der Waals surface area (Å²) >= 11 is -1.34. The number of nitrogens with one attached hydrogen (secondary N) is 1. The topological polar surface area (TPSA) is 94.1 Å². The Morgan fingerprint density at radius 2 is 1.74 bits per heavy atom. The van der Waals surface area contributed by atoms with Crippen LogP contribution in [0.5, 0.6) is 0 Å². The van der Waals surface area contributed by atoms with Crippen LogP contribution in [0.3, 0.4) is 0 Å². The lowest BCUT2D eigenvalue weighted by Crippen LogP contribution is -2.45. The van der Waals surface area contributed by atoms with Crippen LogP contribution in [0.15, 0.2) is 17.4 Å². The third-order valence-corrected chi connectivity index (χ3v) is 15.1. The van der Waals surface area contributed by atoms with E-state index in [9.17, 15) is 9.35 Å². The Morgan fingerprint density at radius 1 is 1.11 bits per heavy atom. The van der Waals surface area contributed by atoms with Gasteiger partial charge in [0.2, 0.25) is 0 Å². The molecule has 188 valence electrons. The fourth-order valence-corrected chi connectivity index (χ4v) is 12.0. The fourth-order valence-electron chi connectivity index (χ4n) is 6.34. The quantitative estimate of drug-likeness (QED) is 0.259. The van der Waals surface area contributed by atoms with Crippen molar-refractivity contribution in [1.82, 2.24) is 20.3 Å². The minimum absolute atomic E-state index is 0.124. The molecule has 2 aromatic heterocycles. The number of hydrogen-bond acceptors (Lipinski definition) is 5. The average molecular weight is 512 g/mol. The standard InChI is InChI=1S/C26H37N5O2SSi/c1-17(2)35(18(3)4,19(5)6)13-10-20-14-22(29-23-21(20)15-27-24(30-23)34(7)33)31-25(32)28-16-26(31)11-8-9-12-26/h14-15,17-19H,8-9,11-12,16H2,1-7H3,(H,28,32). The maximum absolute atomic E-state index is 13.0. The van der Waals surface area contributed by atoms with Crippen LogP contribution in [-0.4, -0.2) is 51.9 Å². The summed E-state index contributed by atoms with van der Waals surface area (Å²) in [6.07, 6.45) is 7.32. The lowest BCUT2D eigenvalue weighted by atomic mass is 9.97. The molecule has 1 aliphatic carbocycles. The molecule has 1 unspecified atom stereocenters. The van der Waals surface area contributed by atoms with E-state index in [1.54, 1.807) is 12.5 Å². The van der Waals surface area contributed by atoms with Crippen molar-refractivity contribution in [1.29, 1.82) is 0 Å². The monoisotopic (exact) mass is 511 g/mol. The molecule has 1 spiro atoms. The van der Waals surface area contributed by atoms with Crippen molar-refractivity contribution in [2.75, 3.05) is 17.7 Å². The highest BCUT2D eigenvalue weighted by Gasteiger charge is 2.48. The van der Waals surface area contributed by atoms with Gasteiger partial charge in [-0.25, -0.2) is 9.78 Å². The zero-order chi connectivity index (χ0) is 25.5. The maximum Gasteiger partial charge on any atom is 0.344 e. The first-order valence-electron chi connectivity index (χ1n) is 12.6. The van der Waals surface area contributed by atoms with Gasteiger partial charge in [0.25, 0.3) is 0 Å². The van der Waals surface area contributed by atoms with E-state index < -0.39 is 19.2 Å². The van der Waals surface area contributed by atoms with Gasteiger partial charge in [0, 0.05) is 29.5 Å². The Morgan fingerprint density at radius 3 is 2.31 bits per heavy atom. The Kier molecular flexibility index (Phi) is 7.20. The van der Waals surface area contributed by atoms with Gasteiger partial charge in [-0.05, 0) is 35.5 Å². The number of hydrogen-bond donors (Lipinski definition) is 1. The highest BCUT2D eigenvalue weighted by molar-refractivity contribution is 7.90. The zero-order valence-electron chi connectivity index (χ0n) is 21.9. The first-order chi connectivity index (χ1) is 16.5. The van der Waals surface area contributed by atoms with Crippen molar-refractivity contribution in [3.63, 3.8) is 0 Å². The highest BCUT2D eigenvalue weighted by atomic mass is 32.2. The molecule has 0 bridgehead atoms. The number of aromatic nitrogens is 3. The van der Waals surface area contributed by atoms with Crippen LogP contribution in [0.2, 0.25) is 16.6 Å². The van der Waals surface area contributed by atoms with Crippen LogP contribution in [-0.2, 0) is 11.2 Å². The smallest absolute Gasteiger partial charge is 0.344 e. The minimum atomic E-state index is -1.98. The van der Waals surface area contributed by atoms with E-state index in [0.29, 0.717) is 34.6 Å². The van der Waals surface area contributed by atoms with Gasteiger partial charge >= 0.3 is 11.2 Å². The predicted octanol–water partition coefficient (Wildman–Crippen LogP) is 5.17. The molecule has 2 fully saturated rings. The molecule has 0 radical (unpaired) electrons. The van der Waals surface area contributed by atoms with Crippen molar-refractivity contribution in [3.8, 4) is 11.5 Å². The van der Waals surface area contributed by atoms with Crippen molar-refractivity contribution in [2.45, 2.75) is 94.5 Å². The van der Waals surface area contributed by atoms with Gasteiger partial charge in [-0.3, -0.25) is 4.90 Å². The van der Waals surface area contributed by atoms with E-state index in [2.05, 4.69) is 68.3 Å². The molecule has 4 rings (SSSR count). The zero-order valence-corrected chi connectivity index (χ0v) is 23.8. The number of carbonyl (C=O) groups is 1. The van der Waals surface area contributed by atoms with E-state index in [4.69, 9.17) is 4.98 Å². The van der Waals surface area contributed by atoms with Gasteiger partial charge < -0.3 is 9.87 Å². The molecule has 2 amide bonds. The van der Waals surface area contributed by atoms with Crippen LogP contribution in [0.4, 0.5) is 10.6 Å². The lowest BCUT2D eigenvalue weighted by molar-refractivity contribution is 0.250. The second-order valence-electron chi connectivity index (χ2n) is 10.9. The Labute approximate surface area is 213 Å². The summed E-state index contributed by atoms with van der Waals surface area (Å²) in [5.41, 5.74) is 6.26. The van der Waals surface area contributed by atoms with Crippen molar-refractivity contribution in [3.05, 3.63) is 17.8 Å². The molecule has 35 heavy (non-hydrogen) atoms. The summed E-state index contributed by atoms with van der Waals surface area (Å²) in [5, 5.41) is 4.00. The summed E-state index contributed by atoms with van der Waals surface area (Å²) < 4.78 is 12.1. The molecule has 0 aromatic carbocycles. The summed E-state index contributed by atoms with van der Waals surface area (Å²) in [6.45, 7) is 14.4. The predicted molar refractivity (Wildman–Crippen MR) is 145 cm³/mol. The minimum Gasteiger partial charge on any atom is -0.609 e. The van der Waals surface area contributed by atoms with E-state index in [1.807, 2.05) is 11.0 Å². The number of urea groups is 1. The van der Waals surface area contributed by atoms with Crippen LogP contribution >= 0.6 is 0 Å². The first-order valence-corrected chi connectivity index (χ1v) is 16.4. The Balaban J connectivity index is 1.94. The SMILES string of the molecule is CC(C)[Si](C#Cc1cc(N2C(=O)NCC23CCCC3)nc2nc([S+](C)[O-])ncc12)(C(C)C)C(C)C. The van der Waals surface area contributed by atoms with Crippen LogP contribution in [0.1, 0.15) is 72.8 Å².